The molecular weight excluding hydrogens is 388 g/mol. The van der Waals surface area contributed by atoms with Gasteiger partial charge in [0.25, 0.3) is 0 Å². The summed E-state index contributed by atoms with van der Waals surface area (Å²) >= 11 is 7.77. The number of carbonyl (C=O) groups is 1. The normalized spacial score (nSPS) is 17.9. The van der Waals surface area contributed by atoms with Gasteiger partial charge in [0.1, 0.15) is 0 Å². The van der Waals surface area contributed by atoms with Crippen molar-refractivity contribution in [3.05, 3.63) is 70.7 Å². The fourth-order valence-electron chi connectivity index (χ4n) is 3.67. The summed E-state index contributed by atoms with van der Waals surface area (Å²) < 4.78 is 0. The fourth-order valence-corrected chi connectivity index (χ4v) is 4.99. The van der Waals surface area contributed by atoms with E-state index in [0.29, 0.717) is 11.7 Å². The molecule has 0 spiro atoms. The van der Waals surface area contributed by atoms with Gasteiger partial charge in [-0.05, 0) is 49.2 Å². The Balaban J connectivity index is 1.62. The highest BCUT2D eigenvalue weighted by molar-refractivity contribution is 8.00. The Morgan fingerprint density at radius 1 is 1.18 bits per heavy atom. The van der Waals surface area contributed by atoms with Gasteiger partial charge in [-0.1, -0.05) is 61.0 Å². The number of hydrogen-bond acceptors (Lipinski definition) is 3. The van der Waals surface area contributed by atoms with Crippen LogP contribution in [0.2, 0.25) is 5.02 Å². The first kappa shape index (κ1) is 21.2. The number of rotatable bonds is 8. The van der Waals surface area contributed by atoms with E-state index in [1.54, 1.807) is 11.8 Å². The summed E-state index contributed by atoms with van der Waals surface area (Å²) in [5.74, 6) is 1.35. The fraction of sp³-hybridized carbons (Fsp3) is 0.435. The van der Waals surface area contributed by atoms with Crippen molar-refractivity contribution in [1.29, 1.82) is 0 Å². The van der Waals surface area contributed by atoms with E-state index in [1.165, 1.54) is 11.1 Å². The highest BCUT2D eigenvalue weighted by Gasteiger charge is 2.27. The van der Waals surface area contributed by atoms with Gasteiger partial charge in [0, 0.05) is 24.7 Å². The minimum absolute atomic E-state index is 0.132. The molecule has 1 fully saturated rings. The summed E-state index contributed by atoms with van der Waals surface area (Å²) in [6, 6.07) is 18.3. The largest absolute Gasteiger partial charge is 0.342 e. The third kappa shape index (κ3) is 5.76. The van der Waals surface area contributed by atoms with Crippen LogP contribution in [0.3, 0.4) is 0 Å². The average Bonchev–Trinajstić information content (AvgIpc) is 3.18. The summed E-state index contributed by atoms with van der Waals surface area (Å²) in [5, 5.41) is 0.865. The first-order chi connectivity index (χ1) is 13.6. The van der Waals surface area contributed by atoms with Crippen LogP contribution in [0.5, 0.6) is 0 Å². The van der Waals surface area contributed by atoms with Crippen molar-refractivity contribution >= 4 is 29.3 Å². The van der Waals surface area contributed by atoms with Crippen molar-refractivity contribution in [2.45, 2.75) is 18.6 Å². The number of hydrogen-bond donors (Lipinski definition) is 0. The van der Waals surface area contributed by atoms with Crippen molar-refractivity contribution in [2.75, 3.05) is 39.0 Å². The molecule has 1 amide bonds. The lowest BCUT2D eigenvalue weighted by Crippen LogP contribution is -2.32. The lowest BCUT2D eigenvalue weighted by Gasteiger charge is -2.22. The van der Waals surface area contributed by atoms with Crippen LogP contribution in [0.25, 0.3) is 0 Å². The van der Waals surface area contributed by atoms with Gasteiger partial charge in [-0.2, -0.15) is 0 Å². The number of likely N-dealkylation sites (tertiary alicyclic amines) is 1. The van der Waals surface area contributed by atoms with E-state index in [1.807, 2.05) is 23.1 Å². The van der Waals surface area contributed by atoms with Gasteiger partial charge < -0.3 is 9.80 Å². The number of carbonyl (C=O) groups excluding carboxylic acids is 1. The molecule has 28 heavy (non-hydrogen) atoms. The second-order valence-electron chi connectivity index (χ2n) is 7.50. The minimum Gasteiger partial charge on any atom is -0.342 e. The van der Waals surface area contributed by atoms with Crippen molar-refractivity contribution in [2.24, 2.45) is 5.92 Å². The Morgan fingerprint density at radius 3 is 2.54 bits per heavy atom. The second kappa shape index (κ2) is 10.3. The molecule has 0 unspecified atom stereocenters. The maximum absolute atomic E-state index is 12.8. The zero-order valence-corrected chi connectivity index (χ0v) is 18.3. The van der Waals surface area contributed by atoms with Crippen LogP contribution in [0, 0.1) is 5.92 Å². The average molecular weight is 417 g/mol. The Bertz CT molecular complexity index is 753. The molecule has 2 atom stereocenters. The van der Waals surface area contributed by atoms with Crippen LogP contribution in [-0.4, -0.2) is 54.7 Å². The third-order valence-corrected chi connectivity index (χ3v) is 6.94. The van der Waals surface area contributed by atoms with Crippen molar-refractivity contribution in [3.8, 4) is 0 Å². The lowest BCUT2D eigenvalue weighted by atomic mass is 10.0. The summed E-state index contributed by atoms with van der Waals surface area (Å²) in [7, 11) is 2.15. The standard InChI is InChI=1S/C23H29ClN2OS/c1-3-25(2)15-18-13-14-26(16-18)22(27)17-28-23(19-7-5-4-6-8-19)20-9-11-21(24)12-10-20/h4-12,18,23H,3,13-17H2,1-2H3/t18-,23-/m1/s1. The summed E-state index contributed by atoms with van der Waals surface area (Å²) in [5.41, 5.74) is 2.39. The van der Waals surface area contributed by atoms with Gasteiger partial charge in [-0.15, -0.1) is 11.8 Å². The third-order valence-electron chi connectivity index (χ3n) is 5.40. The van der Waals surface area contributed by atoms with E-state index in [2.05, 4.69) is 55.3 Å². The number of halogens is 1. The first-order valence-corrected chi connectivity index (χ1v) is 11.4. The molecule has 2 aromatic rings. The molecule has 1 aliphatic heterocycles. The van der Waals surface area contributed by atoms with Crippen LogP contribution < -0.4 is 0 Å². The van der Waals surface area contributed by atoms with Crippen molar-refractivity contribution < 1.29 is 4.79 Å². The molecule has 0 aromatic heterocycles. The molecule has 150 valence electrons. The van der Waals surface area contributed by atoms with Gasteiger partial charge in [0.2, 0.25) is 5.91 Å². The number of thioether (sulfide) groups is 1. The van der Waals surface area contributed by atoms with Gasteiger partial charge in [-0.25, -0.2) is 0 Å². The molecule has 1 saturated heterocycles. The molecule has 1 heterocycles. The molecule has 3 rings (SSSR count). The molecule has 0 aliphatic carbocycles. The predicted molar refractivity (Wildman–Crippen MR) is 120 cm³/mol. The van der Waals surface area contributed by atoms with E-state index >= 15 is 0 Å². The van der Waals surface area contributed by atoms with E-state index in [4.69, 9.17) is 11.6 Å². The van der Waals surface area contributed by atoms with Gasteiger partial charge >= 0.3 is 0 Å². The van der Waals surface area contributed by atoms with Gasteiger partial charge in [0.15, 0.2) is 0 Å². The maximum atomic E-state index is 12.8. The van der Waals surface area contributed by atoms with E-state index < -0.39 is 0 Å². The topological polar surface area (TPSA) is 23.6 Å². The highest BCUT2D eigenvalue weighted by Crippen LogP contribution is 2.36. The molecule has 0 saturated carbocycles. The molecule has 2 aromatic carbocycles. The molecule has 3 nitrogen and oxygen atoms in total. The lowest BCUT2D eigenvalue weighted by molar-refractivity contribution is -0.127. The summed E-state index contributed by atoms with van der Waals surface area (Å²) in [6.45, 7) is 6.08. The minimum atomic E-state index is 0.132. The van der Waals surface area contributed by atoms with Crippen LogP contribution in [0.4, 0.5) is 0 Å². The molecule has 1 aliphatic rings. The monoisotopic (exact) mass is 416 g/mol. The van der Waals surface area contributed by atoms with Crippen LogP contribution in [0.1, 0.15) is 29.7 Å². The van der Waals surface area contributed by atoms with Crippen LogP contribution in [-0.2, 0) is 4.79 Å². The molecule has 0 N–H and O–H groups in total. The molecule has 0 bridgehead atoms. The Kier molecular flexibility index (Phi) is 7.83. The smallest absolute Gasteiger partial charge is 0.232 e. The van der Waals surface area contributed by atoms with E-state index in [9.17, 15) is 4.79 Å². The number of nitrogens with zero attached hydrogens (tertiary/aromatic N) is 2. The number of benzene rings is 2. The maximum Gasteiger partial charge on any atom is 0.232 e. The zero-order chi connectivity index (χ0) is 19.9. The Hall–Kier alpha value is -1.49. The zero-order valence-electron chi connectivity index (χ0n) is 16.7. The van der Waals surface area contributed by atoms with Crippen LogP contribution >= 0.6 is 23.4 Å². The molecular formula is C23H29ClN2OS. The summed E-state index contributed by atoms with van der Waals surface area (Å²) in [6.07, 6.45) is 1.11. The van der Waals surface area contributed by atoms with Gasteiger partial charge in [-0.3, -0.25) is 4.79 Å². The SMILES string of the molecule is CCN(C)C[C@H]1CCN(C(=O)CS[C@H](c2ccccc2)c2ccc(Cl)cc2)C1. The van der Waals surface area contributed by atoms with E-state index in [0.717, 1.165) is 37.6 Å². The number of amides is 1. The predicted octanol–water partition coefficient (Wildman–Crippen LogP) is 4.96. The van der Waals surface area contributed by atoms with Gasteiger partial charge in [0.05, 0.1) is 11.0 Å². The van der Waals surface area contributed by atoms with Crippen molar-refractivity contribution in [1.82, 2.24) is 9.80 Å². The quantitative estimate of drug-likeness (QED) is 0.607. The van der Waals surface area contributed by atoms with Crippen LogP contribution in [0.15, 0.2) is 54.6 Å². The Labute approximate surface area is 178 Å². The van der Waals surface area contributed by atoms with E-state index in [-0.39, 0.29) is 11.2 Å². The molecule has 5 heteroatoms. The highest BCUT2D eigenvalue weighted by atomic mass is 35.5. The Morgan fingerprint density at radius 2 is 1.86 bits per heavy atom. The second-order valence-corrected chi connectivity index (χ2v) is 9.03. The molecule has 0 radical (unpaired) electrons. The first-order valence-electron chi connectivity index (χ1n) is 9.95. The summed E-state index contributed by atoms with van der Waals surface area (Å²) in [4.78, 5) is 17.2. The van der Waals surface area contributed by atoms with Crippen molar-refractivity contribution in [3.63, 3.8) is 0 Å².